The lowest BCUT2D eigenvalue weighted by atomic mass is 10.1. The third-order valence-electron chi connectivity index (χ3n) is 4.29. The van der Waals surface area contributed by atoms with Crippen molar-refractivity contribution >= 4 is 46.6 Å². The first-order chi connectivity index (χ1) is 15.0. The van der Waals surface area contributed by atoms with Crippen LogP contribution < -0.4 is 21.3 Å². The van der Waals surface area contributed by atoms with Crippen molar-refractivity contribution in [2.24, 2.45) is 0 Å². The van der Waals surface area contributed by atoms with Crippen LogP contribution in [0.3, 0.4) is 0 Å². The Hall–Kier alpha value is -2.72. The van der Waals surface area contributed by atoms with E-state index in [0.29, 0.717) is 32.4 Å². The second-order valence-electron chi connectivity index (χ2n) is 6.83. The third-order valence-corrected chi connectivity index (χ3v) is 6.16. The van der Waals surface area contributed by atoms with Gasteiger partial charge in [0.05, 0.1) is 0 Å². The number of carbonyl (C=O) groups is 4. The van der Waals surface area contributed by atoms with Gasteiger partial charge in [0.25, 0.3) is 0 Å². The number of amides is 6. The molecule has 0 aliphatic heterocycles. The van der Waals surface area contributed by atoms with Gasteiger partial charge in [-0.3, -0.25) is 20.2 Å². The van der Waals surface area contributed by atoms with E-state index >= 15 is 0 Å². The van der Waals surface area contributed by atoms with Crippen molar-refractivity contribution in [3.8, 4) is 0 Å². The summed E-state index contributed by atoms with van der Waals surface area (Å²) in [6, 6.07) is 6.91. The summed E-state index contributed by atoms with van der Waals surface area (Å²) in [6.45, 7) is 0.937. The maximum absolute atomic E-state index is 11.8. The summed E-state index contributed by atoms with van der Waals surface area (Å²) in [6.07, 6.45) is 3.67. The van der Waals surface area contributed by atoms with Gasteiger partial charge in [0, 0.05) is 35.7 Å². The Balaban J connectivity index is 1.43. The first-order valence-electron chi connectivity index (χ1n) is 10.2. The zero-order chi connectivity index (χ0) is 22.3. The van der Waals surface area contributed by atoms with Crippen molar-refractivity contribution in [3.05, 3.63) is 44.8 Å². The minimum atomic E-state index is -0.494. The summed E-state index contributed by atoms with van der Waals surface area (Å²) in [5.74, 6) is -0.689. The van der Waals surface area contributed by atoms with Gasteiger partial charge in [-0.1, -0.05) is 18.6 Å². The summed E-state index contributed by atoms with van der Waals surface area (Å²) < 4.78 is 0. The maximum Gasteiger partial charge on any atom is 0.321 e. The van der Waals surface area contributed by atoms with E-state index in [0.717, 1.165) is 12.8 Å². The van der Waals surface area contributed by atoms with E-state index < -0.39 is 12.1 Å². The van der Waals surface area contributed by atoms with Crippen LogP contribution in [-0.2, 0) is 22.4 Å². The molecule has 0 aromatic carbocycles. The monoisotopic (exact) mass is 464 g/mol. The summed E-state index contributed by atoms with van der Waals surface area (Å²) in [5.41, 5.74) is 0. The Bertz CT molecular complexity index is 754. The highest BCUT2D eigenvalue weighted by Crippen LogP contribution is 2.09. The summed E-state index contributed by atoms with van der Waals surface area (Å²) in [4.78, 5) is 49.2. The minimum absolute atomic E-state index is 0.211. The Kier molecular flexibility index (Phi) is 11.3. The first-order valence-corrected chi connectivity index (χ1v) is 12.0. The van der Waals surface area contributed by atoms with Gasteiger partial charge in [-0.25, -0.2) is 9.59 Å². The zero-order valence-corrected chi connectivity index (χ0v) is 18.9. The molecule has 2 rings (SSSR count). The average molecular weight is 465 g/mol. The molecule has 2 heterocycles. The van der Waals surface area contributed by atoms with Crippen LogP contribution in [0.5, 0.6) is 0 Å². The third kappa shape index (κ3) is 11.3. The molecule has 2 aromatic rings. The van der Waals surface area contributed by atoms with Gasteiger partial charge in [-0.2, -0.15) is 0 Å². The number of unbranched alkanes of at least 4 members (excludes halogenated alkanes) is 2. The number of urea groups is 2. The van der Waals surface area contributed by atoms with E-state index in [2.05, 4.69) is 21.3 Å². The Morgan fingerprint density at radius 3 is 1.52 bits per heavy atom. The van der Waals surface area contributed by atoms with Gasteiger partial charge >= 0.3 is 12.1 Å². The molecule has 0 aliphatic carbocycles. The molecular formula is C21H28N4O4S2. The number of nitrogens with one attached hydrogen (secondary N) is 4. The number of hydrogen-bond acceptors (Lipinski definition) is 6. The SMILES string of the molecule is O=C(CCCCCC(=O)NC(=O)NCCc1cccs1)NC(=O)NCCc1cccs1. The molecule has 0 unspecified atom stereocenters. The van der Waals surface area contributed by atoms with Crippen LogP contribution in [0.25, 0.3) is 0 Å². The molecule has 0 fully saturated rings. The Morgan fingerprint density at radius 1 is 0.677 bits per heavy atom. The molecule has 0 bridgehead atoms. The topological polar surface area (TPSA) is 116 Å². The molecule has 168 valence electrons. The largest absolute Gasteiger partial charge is 0.337 e. The van der Waals surface area contributed by atoms with Crippen molar-refractivity contribution in [3.63, 3.8) is 0 Å². The van der Waals surface area contributed by atoms with E-state index in [1.807, 2.05) is 35.0 Å². The average Bonchev–Trinajstić information content (AvgIpc) is 3.42. The summed E-state index contributed by atoms with van der Waals surface area (Å²) >= 11 is 3.25. The highest BCUT2D eigenvalue weighted by molar-refractivity contribution is 7.10. The molecular weight excluding hydrogens is 436 g/mol. The lowest BCUT2D eigenvalue weighted by Crippen LogP contribution is -2.40. The zero-order valence-electron chi connectivity index (χ0n) is 17.3. The van der Waals surface area contributed by atoms with Crippen LogP contribution in [-0.4, -0.2) is 37.0 Å². The highest BCUT2D eigenvalue weighted by atomic mass is 32.1. The van der Waals surface area contributed by atoms with Crippen LogP contribution in [0, 0.1) is 0 Å². The van der Waals surface area contributed by atoms with Crippen LogP contribution in [0.15, 0.2) is 35.0 Å². The van der Waals surface area contributed by atoms with Crippen LogP contribution in [0.4, 0.5) is 9.59 Å². The standard InChI is InChI=1S/C21H28N4O4S2/c26-18(24-20(28)22-12-10-16-6-4-14-30-16)8-2-1-3-9-19(27)25-21(29)23-13-11-17-7-5-15-31-17/h4-7,14-15H,1-3,8-13H2,(H2,22,24,26,28)(H2,23,25,27,29). The van der Waals surface area contributed by atoms with Crippen LogP contribution in [0.2, 0.25) is 0 Å². The second kappa shape index (κ2) is 14.3. The number of imide groups is 2. The lowest BCUT2D eigenvalue weighted by Gasteiger charge is -2.07. The molecule has 6 amide bonds. The van der Waals surface area contributed by atoms with Crippen molar-refractivity contribution in [2.75, 3.05) is 13.1 Å². The van der Waals surface area contributed by atoms with Gasteiger partial charge in [0.2, 0.25) is 11.8 Å². The molecule has 0 radical (unpaired) electrons. The summed E-state index contributed by atoms with van der Waals surface area (Å²) in [7, 11) is 0. The van der Waals surface area contributed by atoms with Gasteiger partial charge in [0.1, 0.15) is 0 Å². The van der Waals surface area contributed by atoms with Crippen molar-refractivity contribution in [2.45, 2.75) is 44.9 Å². The molecule has 0 atom stereocenters. The van der Waals surface area contributed by atoms with E-state index in [9.17, 15) is 19.2 Å². The summed E-state index contributed by atoms with van der Waals surface area (Å²) in [5, 5.41) is 13.9. The van der Waals surface area contributed by atoms with E-state index in [1.54, 1.807) is 22.7 Å². The Morgan fingerprint density at radius 2 is 1.13 bits per heavy atom. The van der Waals surface area contributed by atoms with Gasteiger partial charge in [0.15, 0.2) is 0 Å². The molecule has 0 saturated heterocycles. The van der Waals surface area contributed by atoms with Gasteiger partial charge in [-0.15, -0.1) is 22.7 Å². The van der Waals surface area contributed by atoms with Crippen LogP contribution >= 0.6 is 22.7 Å². The fourth-order valence-electron chi connectivity index (χ4n) is 2.72. The molecule has 10 heteroatoms. The van der Waals surface area contributed by atoms with Gasteiger partial charge < -0.3 is 10.6 Å². The second-order valence-corrected chi connectivity index (χ2v) is 8.89. The highest BCUT2D eigenvalue weighted by Gasteiger charge is 2.09. The molecule has 31 heavy (non-hydrogen) atoms. The van der Waals surface area contributed by atoms with E-state index in [4.69, 9.17) is 0 Å². The molecule has 8 nitrogen and oxygen atoms in total. The first kappa shape index (κ1) is 24.5. The fourth-order valence-corrected chi connectivity index (χ4v) is 4.14. The maximum atomic E-state index is 11.8. The lowest BCUT2D eigenvalue weighted by molar-refractivity contribution is -0.120. The fraction of sp³-hybridized carbons (Fsp3) is 0.429. The number of carbonyl (C=O) groups excluding carboxylic acids is 4. The number of rotatable bonds is 12. The molecule has 4 N–H and O–H groups in total. The molecule has 0 aliphatic rings. The minimum Gasteiger partial charge on any atom is -0.337 e. The van der Waals surface area contributed by atoms with Crippen LogP contribution in [0.1, 0.15) is 41.9 Å². The van der Waals surface area contributed by atoms with E-state index in [1.165, 1.54) is 9.75 Å². The van der Waals surface area contributed by atoms with Crippen molar-refractivity contribution in [1.82, 2.24) is 21.3 Å². The normalized spacial score (nSPS) is 10.3. The quantitative estimate of drug-likeness (QED) is 0.361. The smallest absolute Gasteiger partial charge is 0.321 e. The molecule has 0 spiro atoms. The predicted molar refractivity (Wildman–Crippen MR) is 122 cm³/mol. The number of thiophene rings is 2. The predicted octanol–water partition coefficient (Wildman–Crippen LogP) is 3.20. The molecule has 0 saturated carbocycles. The van der Waals surface area contributed by atoms with Gasteiger partial charge in [-0.05, 0) is 48.6 Å². The Labute approximate surface area is 189 Å². The van der Waals surface area contributed by atoms with E-state index in [-0.39, 0.29) is 24.7 Å². The van der Waals surface area contributed by atoms with Crippen molar-refractivity contribution in [1.29, 1.82) is 0 Å². The molecule has 2 aromatic heterocycles. The van der Waals surface area contributed by atoms with Crippen molar-refractivity contribution < 1.29 is 19.2 Å². The number of hydrogen-bond donors (Lipinski definition) is 4.